The summed E-state index contributed by atoms with van der Waals surface area (Å²) in [4.78, 5) is 10.7. The van der Waals surface area contributed by atoms with Crippen LogP contribution >= 0.6 is 0 Å². The Labute approximate surface area is 125 Å². The van der Waals surface area contributed by atoms with Crippen molar-refractivity contribution in [3.63, 3.8) is 0 Å². The number of aromatic nitrogens is 2. The van der Waals surface area contributed by atoms with Gasteiger partial charge in [-0.1, -0.05) is 24.3 Å². The van der Waals surface area contributed by atoms with Gasteiger partial charge in [-0.25, -0.2) is 4.98 Å². The molecule has 1 saturated heterocycles. The van der Waals surface area contributed by atoms with E-state index in [0.29, 0.717) is 0 Å². The van der Waals surface area contributed by atoms with E-state index in [2.05, 4.69) is 44.5 Å². The first-order valence-corrected chi connectivity index (χ1v) is 7.28. The molecule has 2 heterocycles. The second kappa shape index (κ2) is 7.15. The van der Waals surface area contributed by atoms with Crippen molar-refractivity contribution < 1.29 is 4.74 Å². The highest BCUT2D eigenvalue weighted by Crippen LogP contribution is 2.14. The normalized spacial score (nSPS) is 15.8. The summed E-state index contributed by atoms with van der Waals surface area (Å²) in [5, 5.41) is 3.32. The Morgan fingerprint density at radius 1 is 1.10 bits per heavy atom. The van der Waals surface area contributed by atoms with E-state index < -0.39 is 0 Å². The highest BCUT2D eigenvalue weighted by Gasteiger charge is 2.12. The number of hydrogen-bond acceptors (Lipinski definition) is 5. The van der Waals surface area contributed by atoms with E-state index in [1.807, 2.05) is 0 Å². The van der Waals surface area contributed by atoms with Gasteiger partial charge < -0.3 is 10.1 Å². The van der Waals surface area contributed by atoms with Crippen LogP contribution in [0.4, 0.5) is 5.82 Å². The minimum Gasteiger partial charge on any atom is -0.379 e. The fourth-order valence-corrected chi connectivity index (χ4v) is 2.46. The summed E-state index contributed by atoms with van der Waals surface area (Å²) in [6, 6.07) is 8.54. The molecule has 1 N–H and O–H groups in total. The maximum atomic E-state index is 5.40. The molecule has 1 aliphatic heterocycles. The van der Waals surface area contributed by atoms with Crippen molar-refractivity contribution in [2.24, 2.45) is 0 Å². The lowest BCUT2D eigenvalue weighted by molar-refractivity contribution is 0.0341. The van der Waals surface area contributed by atoms with Crippen LogP contribution in [0.2, 0.25) is 0 Å². The molecule has 0 saturated carbocycles. The van der Waals surface area contributed by atoms with E-state index in [-0.39, 0.29) is 0 Å². The smallest absolute Gasteiger partial charge is 0.144 e. The van der Waals surface area contributed by atoms with Crippen molar-refractivity contribution in [3.05, 3.63) is 54.0 Å². The number of anilines is 1. The quantitative estimate of drug-likeness (QED) is 0.909. The molecule has 0 radical (unpaired) electrons. The number of nitrogens with one attached hydrogen (secondary N) is 1. The van der Waals surface area contributed by atoms with Crippen molar-refractivity contribution in [1.29, 1.82) is 0 Å². The highest BCUT2D eigenvalue weighted by molar-refractivity contribution is 5.35. The average molecular weight is 284 g/mol. The summed E-state index contributed by atoms with van der Waals surface area (Å²) in [5.41, 5.74) is 2.66. The molecule has 5 nitrogen and oxygen atoms in total. The van der Waals surface area contributed by atoms with E-state index in [1.165, 1.54) is 11.1 Å². The predicted octanol–water partition coefficient (Wildman–Crippen LogP) is 1.92. The summed E-state index contributed by atoms with van der Waals surface area (Å²) >= 11 is 0. The Bertz CT molecular complexity index is 555. The van der Waals surface area contributed by atoms with Gasteiger partial charge in [0.05, 0.1) is 19.4 Å². The van der Waals surface area contributed by atoms with Crippen LogP contribution in [-0.2, 0) is 17.8 Å². The van der Waals surface area contributed by atoms with Gasteiger partial charge in [0.2, 0.25) is 0 Å². The minimum absolute atomic E-state index is 0.763. The van der Waals surface area contributed by atoms with Gasteiger partial charge in [-0.2, -0.15) is 0 Å². The number of hydrogen-bond donors (Lipinski definition) is 1. The maximum absolute atomic E-state index is 5.40. The summed E-state index contributed by atoms with van der Waals surface area (Å²) in [7, 11) is 0. The van der Waals surface area contributed by atoms with Gasteiger partial charge in [0.1, 0.15) is 5.82 Å². The molecule has 0 atom stereocenters. The van der Waals surface area contributed by atoms with Gasteiger partial charge in [-0.15, -0.1) is 0 Å². The van der Waals surface area contributed by atoms with Crippen LogP contribution in [0.5, 0.6) is 0 Å². The van der Waals surface area contributed by atoms with E-state index >= 15 is 0 Å². The van der Waals surface area contributed by atoms with Crippen molar-refractivity contribution in [2.75, 3.05) is 31.6 Å². The fraction of sp³-hybridized carbons (Fsp3) is 0.375. The maximum Gasteiger partial charge on any atom is 0.144 e. The molecule has 21 heavy (non-hydrogen) atoms. The van der Waals surface area contributed by atoms with Crippen LogP contribution in [0.25, 0.3) is 0 Å². The molecule has 3 rings (SSSR count). The zero-order valence-corrected chi connectivity index (χ0v) is 12.0. The lowest BCUT2D eigenvalue weighted by atomic mass is 10.1. The molecular weight excluding hydrogens is 264 g/mol. The van der Waals surface area contributed by atoms with Crippen LogP contribution in [-0.4, -0.2) is 41.2 Å². The molecule has 0 aliphatic carbocycles. The molecule has 0 amide bonds. The lowest BCUT2D eigenvalue weighted by Gasteiger charge is -2.27. The Kier molecular flexibility index (Phi) is 4.76. The molecule has 0 unspecified atom stereocenters. The summed E-state index contributed by atoms with van der Waals surface area (Å²) in [5.74, 6) is 0.804. The second-order valence-electron chi connectivity index (χ2n) is 5.10. The zero-order valence-electron chi connectivity index (χ0n) is 12.0. The minimum atomic E-state index is 0.763. The molecule has 1 aliphatic rings. The molecule has 1 aromatic carbocycles. The van der Waals surface area contributed by atoms with Crippen molar-refractivity contribution in [2.45, 2.75) is 13.1 Å². The predicted molar refractivity (Wildman–Crippen MR) is 81.9 cm³/mol. The van der Waals surface area contributed by atoms with E-state index in [9.17, 15) is 0 Å². The van der Waals surface area contributed by atoms with E-state index in [1.54, 1.807) is 18.6 Å². The van der Waals surface area contributed by atoms with Gasteiger partial charge in [0, 0.05) is 38.6 Å². The SMILES string of the molecule is c1ccc(CN2CCOCC2)c(CNc2cnccn2)c1. The standard InChI is InChI=1S/C16H20N4O/c1-2-4-15(13-20-7-9-21-10-8-20)14(3-1)11-19-16-12-17-5-6-18-16/h1-6,12H,7-11,13H2,(H,18,19). The van der Waals surface area contributed by atoms with Crippen LogP contribution < -0.4 is 5.32 Å². The van der Waals surface area contributed by atoms with Crippen LogP contribution in [0.3, 0.4) is 0 Å². The Morgan fingerprint density at radius 2 is 1.90 bits per heavy atom. The third-order valence-electron chi connectivity index (χ3n) is 3.64. The second-order valence-corrected chi connectivity index (χ2v) is 5.10. The topological polar surface area (TPSA) is 50.3 Å². The highest BCUT2D eigenvalue weighted by atomic mass is 16.5. The van der Waals surface area contributed by atoms with Gasteiger partial charge >= 0.3 is 0 Å². The van der Waals surface area contributed by atoms with Crippen molar-refractivity contribution in [3.8, 4) is 0 Å². The van der Waals surface area contributed by atoms with Gasteiger partial charge in [-0.05, 0) is 11.1 Å². The van der Waals surface area contributed by atoms with Crippen LogP contribution in [0, 0.1) is 0 Å². The number of nitrogens with zero attached hydrogens (tertiary/aromatic N) is 3. The number of benzene rings is 1. The summed E-state index contributed by atoms with van der Waals surface area (Å²) in [6.07, 6.45) is 5.12. The van der Waals surface area contributed by atoms with E-state index in [0.717, 1.165) is 45.2 Å². The van der Waals surface area contributed by atoms with Crippen LogP contribution in [0.15, 0.2) is 42.9 Å². The molecule has 0 spiro atoms. The average Bonchev–Trinajstić information content (AvgIpc) is 2.56. The summed E-state index contributed by atoms with van der Waals surface area (Å²) < 4.78 is 5.40. The molecule has 1 aromatic heterocycles. The molecule has 2 aromatic rings. The van der Waals surface area contributed by atoms with Crippen LogP contribution in [0.1, 0.15) is 11.1 Å². The first-order chi connectivity index (χ1) is 10.4. The fourth-order valence-electron chi connectivity index (χ4n) is 2.46. The molecular formula is C16H20N4O. The first kappa shape index (κ1) is 14.0. The van der Waals surface area contributed by atoms with Crippen molar-refractivity contribution in [1.82, 2.24) is 14.9 Å². The first-order valence-electron chi connectivity index (χ1n) is 7.28. The van der Waals surface area contributed by atoms with E-state index in [4.69, 9.17) is 4.74 Å². The molecule has 110 valence electrons. The number of rotatable bonds is 5. The molecule has 0 bridgehead atoms. The zero-order chi connectivity index (χ0) is 14.3. The third kappa shape index (κ3) is 4.00. The monoisotopic (exact) mass is 284 g/mol. The number of morpholine rings is 1. The molecule has 5 heteroatoms. The largest absolute Gasteiger partial charge is 0.379 e. The Morgan fingerprint density at radius 3 is 2.67 bits per heavy atom. The van der Waals surface area contributed by atoms with Gasteiger partial charge in [0.25, 0.3) is 0 Å². The van der Waals surface area contributed by atoms with Gasteiger partial charge in [0.15, 0.2) is 0 Å². The Balaban J connectivity index is 1.64. The number of ether oxygens (including phenoxy) is 1. The lowest BCUT2D eigenvalue weighted by Crippen LogP contribution is -2.35. The van der Waals surface area contributed by atoms with Crippen molar-refractivity contribution >= 4 is 5.82 Å². The third-order valence-corrected chi connectivity index (χ3v) is 3.64. The Hall–Kier alpha value is -1.98. The molecule has 1 fully saturated rings. The van der Waals surface area contributed by atoms with Gasteiger partial charge in [-0.3, -0.25) is 9.88 Å². The summed E-state index contributed by atoms with van der Waals surface area (Å²) in [6.45, 7) is 5.42.